The van der Waals surface area contributed by atoms with Crippen molar-refractivity contribution in [3.63, 3.8) is 0 Å². The summed E-state index contributed by atoms with van der Waals surface area (Å²) < 4.78 is 23.0. The molecule has 0 amide bonds. The predicted octanol–water partition coefficient (Wildman–Crippen LogP) is 3.34. The van der Waals surface area contributed by atoms with E-state index in [1.807, 2.05) is 6.07 Å². The Labute approximate surface area is 138 Å². The molecule has 0 heterocycles. The molecular formula is C18H14FNO4. The Hall–Kier alpha value is -3.33. The number of rotatable bonds is 5. The second-order valence-electron chi connectivity index (χ2n) is 4.78. The highest BCUT2D eigenvalue weighted by Gasteiger charge is 2.15. The number of aromatic hydroxyl groups is 1. The first-order chi connectivity index (χ1) is 11.5. The lowest BCUT2D eigenvalue weighted by Gasteiger charge is -2.09. The van der Waals surface area contributed by atoms with Crippen molar-refractivity contribution in [1.82, 2.24) is 0 Å². The van der Waals surface area contributed by atoms with Gasteiger partial charge in [0.1, 0.15) is 17.5 Å². The summed E-state index contributed by atoms with van der Waals surface area (Å²) in [5.41, 5.74) is 0.492. The molecule has 2 rings (SSSR count). The van der Waals surface area contributed by atoms with Crippen LogP contribution in [0.25, 0.3) is 6.08 Å². The van der Waals surface area contributed by atoms with Gasteiger partial charge in [-0.1, -0.05) is 0 Å². The van der Waals surface area contributed by atoms with E-state index in [1.165, 1.54) is 44.6 Å². The number of nitriles is 1. The highest BCUT2D eigenvalue weighted by Crippen LogP contribution is 2.37. The van der Waals surface area contributed by atoms with Gasteiger partial charge in [-0.3, -0.25) is 4.79 Å². The van der Waals surface area contributed by atoms with E-state index >= 15 is 0 Å². The van der Waals surface area contributed by atoms with E-state index in [1.54, 1.807) is 0 Å². The van der Waals surface area contributed by atoms with Crippen molar-refractivity contribution >= 4 is 11.9 Å². The molecule has 0 aliphatic carbocycles. The number of nitrogens with zero attached hydrogens (tertiary/aromatic N) is 1. The van der Waals surface area contributed by atoms with Crippen molar-refractivity contribution in [3.8, 4) is 23.3 Å². The van der Waals surface area contributed by atoms with E-state index in [9.17, 15) is 19.6 Å². The van der Waals surface area contributed by atoms with E-state index in [0.29, 0.717) is 5.56 Å². The topological polar surface area (TPSA) is 79.5 Å². The molecule has 0 radical (unpaired) electrons. The number of ketones is 1. The first-order valence-corrected chi connectivity index (χ1v) is 6.87. The summed E-state index contributed by atoms with van der Waals surface area (Å²) in [6.45, 7) is 0. The summed E-state index contributed by atoms with van der Waals surface area (Å²) in [6, 6.07) is 9.67. The Morgan fingerprint density at radius 2 is 1.71 bits per heavy atom. The molecule has 6 heteroatoms. The minimum Gasteiger partial charge on any atom is -0.502 e. The van der Waals surface area contributed by atoms with Crippen molar-refractivity contribution in [2.75, 3.05) is 14.2 Å². The fourth-order valence-corrected chi connectivity index (χ4v) is 2.07. The highest BCUT2D eigenvalue weighted by molar-refractivity contribution is 6.14. The van der Waals surface area contributed by atoms with Crippen molar-refractivity contribution in [3.05, 3.63) is 58.9 Å². The van der Waals surface area contributed by atoms with E-state index in [0.717, 1.165) is 12.1 Å². The van der Waals surface area contributed by atoms with Crippen LogP contribution in [0.3, 0.4) is 0 Å². The zero-order valence-electron chi connectivity index (χ0n) is 13.0. The van der Waals surface area contributed by atoms with Crippen molar-refractivity contribution in [2.24, 2.45) is 0 Å². The third-order valence-electron chi connectivity index (χ3n) is 3.28. The zero-order chi connectivity index (χ0) is 17.7. The molecule has 1 N–H and O–H groups in total. The molecule has 0 aromatic heterocycles. The van der Waals surface area contributed by atoms with E-state index in [-0.39, 0.29) is 28.4 Å². The van der Waals surface area contributed by atoms with Crippen LogP contribution in [0.5, 0.6) is 17.2 Å². The largest absolute Gasteiger partial charge is 0.502 e. The molecule has 0 saturated carbocycles. The van der Waals surface area contributed by atoms with Gasteiger partial charge in [-0.15, -0.1) is 0 Å². The molecule has 0 atom stereocenters. The predicted molar refractivity (Wildman–Crippen MR) is 85.5 cm³/mol. The van der Waals surface area contributed by atoms with Gasteiger partial charge >= 0.3 is 0 Å². The Bertz CT molecular complexity index is 810. The number of carbonyl (C=O) groups is 1. The highest BCUT2D eigenvalue weighted by atomic mass is 19.1. The van der Waals surface area contributed by atoms with E-state index in [4.69, 9.17) is 9.47 Å². The number of phenols is 1. The summed E-state index contributed by atoms with van der Waals surface area (Å²) in [5.74, 6) is -0.898. The van der Waals surface area contributed by atoms with Gasteiger partial charge in [-0.05, 0) is 48.0 Å². The molecule has 0 fully saturated rings. The van der Waals surface area contributed by atoms with Crippen LogP contribution in [0.2, 0.25) is 0 Å². The third-order valence-corrected chi connectivity index (χ3v) is 3.28. The lowest BCUT2D eigenvalue weighted by molar-refractivity contribution is 0.104. The smallest absolute Gasteiger partial charge is 0.203 e. The van der Waals surface area contributed by atoms with Crippen molar-refractivity contribution in [1.29, 1.82) is 5.26 Å². The second-order valence-corrected chi connectivity index (χ2v) is 4.78. The number of hydrogen-bond acceptors (Lipinski definition) is 5. The van der Waals surface area contributed by atoms with Crippen LogP contribution in [0.15, 0.2) is 42.0 Å². The average molecular weight is 327 g/mol. The molecule has 24 heavy (non-hydrogen) atoms. The van der Waals surface area contributed by atoms with E-state index < -0.39 is 11.6 Å². The normalized spacial score (nSPS) is 10.8. The minimum absolute atomic E-state index is 0.142. The quantitative estimate of drug-likeness (QED) is 0.517. The van der Waals surface area contributed by atoms with Gasteiger partial charge in [-0.25, -0.2) is 4.39 Å². The third kappa shape index (κ3) is 3.52. The van der Waals surface area contributed by atoms with Gasteiger partial charge < -0.3 is 14.6 Å². The Balaban J connectivity index is 2.45. The van der Waals surface area contributed by atoms with Gasteiger partial charge in [0.15, 0.2) is 11.5 Å². The Kier molecular flexibility index (Phi) is 5.17. The van der Waals surface area contributed by atoms with Crippen LogP contribution in [0, 0.1) is 17.1 Å². The molecule has 0 aliphatic heterocycles. The summed E-state index contributed by atoms with van der Waals surface area (Å²) in [6.07, 6.45) is 1.34. The Morgan fingerprint density at radius 3 is 2.17 bits per heavy atom. The number of ether oxygens (including phenoxy) is 2. The number of phenolic OH excluding ortho intramolecular Hbond substituents is 1. The molecule has 0 spiro atoms. The van der Waals surface area contributed by atoms with Gasteiger partial charge in [0.25, 0.3) is 0 Å². The molecule has 2 aromatic rings. The summed E-state index contributed by atoms with van der Waals surface area (Å²) >= 11 is 0. The zero-order valence-corrected chi connectivity index (χ0v) is 13.0. The SMILES string of the molecule is COc1cc(/C=C(\C#N)C(=O)c2ccc(F)cc2)cc(OC)c1O. The number of Topliss-reactive ketones (excluding diaryl/α,β-unsaturated/α-hetero) is 1. The molecule has 0 unspecified atom stereocenters. The fourth-order valence-electron chi connectivity index (χ4n) is 2.07. The van der Waals surface area contributed by atoms with Gasteiger partial charge in [-0.2, -0.15) is 5.26 Å². The Morgan fingerprint density at radius 1 is 1.17 bits per heavy atom. The van der Waals surface area contributed by atoms with Crippen LogP contribution in [0.4, 0.5) is 4.39 Å². The monoisotopic (exact) mass is 327 g/mol. The number of allylic oxidation sites excluding steroid dienone is 1. The van der Waals surface area contributed by atoms with Gasteiger partial charge in [0.2, 0.25) is 11.5 Å². The summed E-state index contributed by atoms with van der Waals surface area (Å²) in [5, 5.41) is 19.1. The molecule has 122 valence electrons. The van der Waals surface area contributed by atoms with E-state index in [2.05, 4.69) is 0 Å². The molecule has 0 bridgehead atoms. The summed E-state index contributed by atoms with van der Waals surface area (Å²) in [7, 11) is 2.74. The number of benzene rings is 2. The summed E-state index contributed by atoms with van der Waals surface area (Å²) in [4.78, 5) is 12.3. The first-order valence-electron chi connectivity index (χ1n) is 6.87. The van der Waals surface area contributed by atoms with Crippen LogP contribution in [-0.4, -0.2) is 25.1 Å². The number of halogens is 1. The molecule has 0 saturated heterocycles. The van der Waals surface area contributed by atoms with Gasteiger partial charge in [0.05, 0.1) is 14.2 Å². The number of carbonyl (C=O) groups excluding carboxylic acids is 1. The molecule has 5 nitrogen and oxygen atoms in total. The van der Waals surface area contributed by atoms with Crippen LogP contribution in [-0.2, 0) is 0 Å². The number of methoxy groups -OCH3 is 2. The molecule has 2 aromatic carbocycles. The standard InChI is InChI=1S/C18H14FNO4/c1-23-15-8-11(9-16(24-2)18(15)22)7-13(10-20)17(21)12-3-5-14(19)6-4-12/h3-9,22H,1-2H3/b13-7+. The second kappa shape index (κ2) is 7.29. The van der Waals surface area contributed by atoms with Crippen molar-refractivity contribution < 1.29 is 23.8 Å². The first kappa shape index (κ1) is 17.0. The van der Waals surface area contributed by atoms with Crippen LogP contribution < -0.4 is 9.47 Å². The maximum absolute atomic E-state index is 12.9. The van der Waals surface area contributed by atoms with Crippen LogP contribution in [0.1, 0.15) is 15.9 Å². The lowest BCUT2D eigenvalue weighted by atomic mass is 10.0. The maximum atomic E-state index is 12.9. The van der Waals surface area contributed by atoms with Crippen LogP contribution >= 0.6 is 0 Å². The maximum Gasteiger partial charge on any atom is 0.203 e. The lowest BCUT2D eigenvalue weighted by Crippen LogP contribution is -2.02. The average Bonchev–Trinajstić information content (AvgIpc) is 2.60. The fraction of sp³-hybridized carbons (Fsp3) is 0.111. The molecule has 0 aliphatic rings. The minimum atomic E-state index is -0.538. The van der Waals surface area contributed by atoms with Gasteiger partial charge in [0, 0.05) is 5.56 Å². The molecular weight excluding hydrogens is 313 g/mol. The number of hydrogen-bond donors (Lipinski definition) is 1. The van der Waals surface area contributed by atoms with Crippen molar-refractivity contribution in [2.45, 2.75) is 0 Å².